The van der Waals surface area contributed by atoms with E-state index in [9.17, 15) is 13.6 Å². The van der Waals surface area contributed by atoms with Crippen LogP contribution in [0.5, 0.6) is 0 Å². The second kappa shape index (κ2) is 9.53. The van der Waals surface area contributed by atoms with Crippen molar-refractivity contribution in [1.29, 1.82) is 0 Å². The quantitative estimate of drug-likeness (QED) is 0.752. The maximum absolute atomic E-state index is 13.1. The second-order valence-corrected chi connectivity index (χ2v) is 7.81. The first-order valence-electron chi connectivity index (χ1n) is 10.5. The summed E-state index contributed by atoms with van der Waals surface area (Å²) in [6, 6.07) is 12.9. The van der Waals surface area contributed by atoms with E-state index in [-0.39, 0.29) is 23.6 Å². The number of anilines is 1. The van der Waals surface area contributed by atoms with Crippen LogP contribution in [0.15, 0.2) is 48.5 Å². The lowest BCUT2D eigenvalue weighted by Crippen LogP contribution is -2.49. The van der Waals surface area contributed by atoms with Gasteiger partial charge in [-0.25, -0.2) is 8.78 Å². The summed E-state index contributed by atoms with van der Waals surface area (Å²) in [6.45, 7) is 5.66. The average molecular weight is 415 g/mol. The zero-order valence-corrected chi connectivity index (χ0v) is 17.0. The van der Waals surface area contributed by atoms with Gasteiger partial charge in [0.15, 0.2) is 0 Å². The molecule has 0 bridgehead atoms. The summed E-state index contributed by atoms with van der Waals surface area (Å²) in [5, 5.41) is 0. The predicted molar refractivity (Wildman–Crippen MR) is 111 cm³/mol. The summed E-state index contributed by atoms with van der Waals surface area (Å²) in [5.74, 6) is -0.326. The summed E-state index contributed by atoms with van der Waals surface area (Å²) in [4.78, 5) is 19.0. The van der Waals surface area contributed by atoms with Gasteiger partial charge < -0.3 is 14.5 Å². The van der Waals surface area contributed by atoms with Gasteiger partial charge in [-0.15, -0.1) is 0 Å². The van der Waals surface area contributed by atoms with Gasteiger partial charge in [0.05, 0.1) is 12.7 Å². The Kier molecular flexibility index (Phi) is 6.59. The van der Waals surface area contributed by atoms with E-state index < -0.39 is 0 Å². The lowest BCUT2D eigenvalue weighted by molar-refractivity contribution is -0.132. The zero-order valence-electron chi connectivity index (χ0n) is 17.0. The van der Waals surface area contributed by atoms with Crippen LogP contribution in [0.4, 0.5) is 14.5 Å². The third-order valence-corrected chi connectivity index (χ3v) is 5.86. The van der Waals surface area contributed by atoms with Crippen LogP contribution in [0, 0.1) is 11.6 Å². The molecule has 1 unspecified atom stereocenters. The van der Waals surface area contributed by atoms with Gasteiger partial charge in [-0.05, 0) is 42.0 Å². The van der Waals surface area contributed by atoms with Gasteiger partial charge in [0, 0.05) is 57.9 Å². The molecule has 2 aromatic rings. The Morgan fingerprint density at radius 3 is 2.20 bits per heavy atom. The molecule has 5 nitrogen and oxygen atoms in total. The molecule has 0 radical (unpaired) electrons. The molecule has 7 heteroatoms. The summed E-state index contributed by atoms with van der Waals surface area (Å²) >= 11 is 0. The van der Waals surface area contributed by atoms with Crippen molar-refractivity contribution in [1.82, 2.24) is 9.80 Å². The Labute approximate surface area is 175 Å². The lowest BCUT2D eigenvalue weighted by atomic mass is 10.1. The molecule has 0 spiro atoms. The number of carbonyl (C=O) groups excluding carboxylic acids is 1. The van der Waals surface area contributed by atoms with Crippen LogP contribution < -0.4 is 4.90 Å². The number of nitrogens with zero attached hydrogens (tertiary/aromatic N) is 3. The molecule has 0 aliphatic carbocycles. The van der Waals surface area contributed by atoms with Gasteiger partial charge in [-0.2, -0.15) is 0 Å². The number of ether oxygens (including phenoxy) is 1. The molecule has 160 valence electrons. The minimum Gasteiger partial charge on any atom is -0.371 e. The SMILES string of the molecule is O=C(CCN1CCOC(c2ccc(F)cc2)C1)N1CCN(c2ccc(F)cc2)CC1. The van der Waals surface area contributed by atoms with Crippen molar-refractivity contribution < 1.29 is 18.3 Å². The van der Waals surface area contributed by atoms with Crippen molar-refractivity contribution >= 4 is 11.6 Å². The lowest BCUT2D eigenvalue weighted by Gasteiger charge is -2.37. The summed E-state index contributed by atoms with van der Waals surface area (Å²) in [6.07, 6.45) is 0.390. The van der Waals surface area contributed by atoms with Crippen LogP contribution in [0.3, 0.4) is 0 Å². The first-order valence-corrected chi connectivity index (χ1v) is 10.5. The monoisotopic (exact) mass is 415 g/mol. The fraction of sp³-hybridized carbons (Fsp3) is 0.435. The third-order valence-electron chi connectivity index (χ3n) is 5.86. The van der Waals surface area contributed by atoms with E-state index in [1.807, 2.05) is 4.90 Å². The average Bonchev–Trinajstić information content (AvgIpc) is 2.79. The number of rotatable bonds is 5. The standard InChI is InChI=1S/C23H27F2N3O2/c24-19-3-1-18(2-4-19)22-17-26(15-16-30-22)10-9-23(29)28-13-11-27(12-14-28)21-7-5-20(25)6-8-21/h1-8,22H,9-17H2. The van der Waals surface area contributed by atoms with Crippen LogP contribution in [0.1, 0.15) is 18.1 Å². The Hall–Kier alpha value is -2.51. The molecular formula is C23H27F2N3O2. The summed E-state index contributed by atoms with van der Waals surface area (Å²) < 4.78 is 32.1. The number of carbonyl (C=O) groups is 1. The molecule has 2 fully saturated rings. The molecule has 2 aliphatic heterocycles. The van der Waals surface area contributed by atoms with Crippen LogP contribution >= 0.6 is 0 Å². The molecule has 1 atom stereocenters. The number of halogens is 2. The van der Waals surface area contributed by atoms with Crippen LogP contribution in [-0.4, -0.2) is 68.1 Å². The zero-order chi connectivity index (χ0) is 20.9. The second-order valence-electron chi connectivity index (χ2n) is 7.81. The smallest absolute Gasteiger partial charge is 0.223 e. The maximum atomic E-state index is 13.1. The molecule has 0 N–H and O–H groups in total. The molecule has 0 saturated carbocycles. The van der Waals surface area contributed by atoms with E-state index in [0.29, 0.717) is 39.2 Å². The Bertz CT molecular complexity index is 837. The van der Waals surface area contributed by atoms with E-state index in [2.05, 4.69) is 9.80 Å². The number of hydrogen-bond acceptors (Lipinski definition) is 4. The predicted octanol–water partition coefficient (Wildman–Crippen LogP) is 3.08. The van der Waals surface area contributed by atoms with Crippen LogP contribution in [0.25, 0.3) is 0 Å². The first kappa shape index (κ1) is 20.8. The van der Waals surface area contributed by atoms with Gasteiger partial charge in [-0.1, -0.05) is 12.1 Å². The van der Waals surface area contributed by atoms with Crippen LogP contribution in [-0.2, 0) is 9.53 Å². The highest BCUT2D eigenvalue weighted by molar-refractivity contribution is 5.76. The van der Waals surface area contributed by atoms with E-state index >= 15 is 0 Å². The van der Waals surface area contributed by atoms with E-state index in [0.717, 1.165) is 30.9 Å². The number of morpholine rings is 1. The van der Waals surface area contributed by atoms with E-state index in [1.165, 1.54) is 24.3 Å². The minimum absolute atomic E-state index is 0.0892. The number of benzene rings is 2. The Balaban J connectivity index is 1.23. The maximum Gasteiger partial charge on any atom is 0.223 e. The third kappa shape index (κ3) is 5.15. The normalized spacial score (nSPS) is 20.4. The fourth-order valence-electron chi connectivity index (χ4n) is 4.06. The molecule has 2 aromatic carbocycles. The molecule has 2 aliphatic rings. The van der Waals surface area contributed by atoms with Crippen molar-refractivity contribution in [3.05, 3.63) is 65.7 Å². The van der Waals surface area contributed by atoms with Crippen molar-refractivity contribution in [2.75, 3.05) is 57.3 Å². The van der Waals surface area contributed by atoms with Gasteiger partial charge in [0.1, 0.15) is 11.6 Å². The molecule has 2 saturated heterocycles. The summed E-state index contributed by atoms with van der Waals surface area (Å²) in [5.41, 5.74) is 1.95. The number of piperazine rings is 1. The molecule has 4 rings (SSSR count). The van der Waals surface area contributed by atoms with Crippen molar-refractivity contribution in [2.45, 2.75) is 12.5 Å². The molecular weight excluding hydrogens is 388 g/mol. The number of hydrogen-bond donors (Lipinski definition) is 0. The molecule has 30 heavy (non-hydrogen) atoms. The molecule has 1 amide bonds. The highest BCUT2D eigenvalue weighted by atomic mass is 19.1. The van der Waals surface area contributed by atoms with E-state index in [1.54, 1.807) is 24.3 Å². The van der Waals surface area contributed by atoms with Gasteiger partial charge in [-0.3, -0.25) is 9.69 Å². The van der Waals surface area contributed by atoms with Crippen molar-refractivity contribution in [2.24, 2.45) is 0 Å². The minimum atomic E-state index is -0.253. The van der Waals surface area contributed by atoms with Gasteiger partial charge in [0.2, 0.25) is 5.91 Å². The Morgan fingerprint density at radius 1 is 0.900 bits per heavy atom. The number of amides is 1. The molecule has 0 aromatic heterocycles. The van der Waals surface area contributed by atoms with Crippen molar-refractivity contribution in [3.8, 4) is 0 Å². The topological polar surface area (TPSA) is 36.0 Å². The Morgan fingerprint density at radius 2 is 1.53 bits per heavy atom. The molecule has 2 heterocycles. The van der Waals surface area contributed by atoms with Gasteiger partial charge in [0.25, 0.3) is 0 Å². The van der Waals surface area contributed by atoms with Crippen molar-refractivity contribution in [3.63, 3.8) is 0 Å². The van der Waals surface area contributed by atoms with Gasteiger partial charge >= 0.3 is 0 Å². The highest BCUT2D eigenvalue weighted by Crippen LogP contribution is 2.23. The van der Waals surface area contributed by atoms with Crippen LogP contribution in [0.2, 0.25) is 0 Å². The fourth-order valence-corrected chi connectivity index (χ4v) is 4.06. The highest BCUT2D eigenvalue weighted by Gasteiger charge is 2.25. The first-order chi connectivity index (χ1) is 14.6. The summed E-state index contributed by atoms with van der Waals surface area (Å²) in [7, 11) is 0. The largest absolute Gasteiger partial charge is 0.371 e. The van der Waals surface area contributed by atoms with E-state index in [4.69, 9.17) is 4.74 Å².